The highest BCUT2D eigenvalue weighted by Crippen LogP contribution is 2.03. The van der Waals surface area contributed by atoms with Crippen molar-refractivity contribution < 1.29 is 14.6 Å². The van der Waals surface area contributed by atoms with Crippen LogP contribution < -0.4 is 5.32 Å². The molecule has 0 aromatic heterocycles. The molecule has 0 amide bonds. The summed E-state index contributed by atoms with van der Waals surface area (Å²) in [6.07, 6.45) is -0.265. The molecular formula is C16H27NO3. The first-order chi connectivity index (χ1) is 9.58. The molecule has 0 radical (unpaired) electrons. The fourth-order valence-corrected chi connectivity index (χ4v) is 1.83. The van der Waals surface area contributed by atoms with Crippen LogP contribution in [0.2, 0.25) is 0 Å². The molecular weight excluding hydrogens is 254 g/mol. The SMILES string of the molecule is Cc1cccc(CNCC(O)COCCOC(C)C)c1. The average Bonchev–Trinajstić information content (AvgIpc) is 2.38. The van der Waals surface area contributed by atoms with Crippen LogP contribution in [0, 0.1) is 6.92 Å². The fourth-order valence-electron chi connectivity index (χ4n) is 1.83. The van der Waals surface area contributed by atoms with Gasteiger partial charge in [0, 0.05) is 13.1 Å². The molecule has 0 aliphatic rings. The summed E-state index contributed by atoms with van der Waals surface area (Å²) in [6, 6.07) is 8.33. The van der Waals surface area contributed by atoms with Crippen LogP contribution in [-0.4, -0.2) is 43.7 Å². The fraction of sp³-hybridized carbons (Fsp3) is 0.625. The van der Waals surface area contributed by atoms with Crippen molar-refractivity contribution in [1.29, 1.82) is 0 Å². The third-order valence-corrected chi connectivity index (χ3v) is 2.78. The van der Waals surface area contributed by atoms with Gasteiger partial charge in [0.1, 0.15) is 0 Å². The lowest BCUT2D eigenvalue weighted by atomic mass is 10.1. The minimum Gasteiger partial charge on any atom is -0.389 e. The van der Waals surface area contributed by atoms with E-state index in [1.807, 2.05) is 19.9 Å². The van der Waals surface area contributed by atoms with Crippen LogP contribution in [0.3, 0.4) is 0 Å². The van der Waals surface area contributed by atoms with Gasteiger partial charge in [-0.25, -0.2) is 0 Å². The monoisotopic (exact) mass is 281 g/mol. The van der Waals surface area contributed by atoms with Gasteiger partial charge < -0.3 is 19.9 Å². The molecule has 1 atom stereocenters. The molecule has 114 valence electrons. The summed E-state index contributed by atoms with van der Waals surface area (Å²) in [4.78, 5) is 0. The van der Waals surface area contributed by atoms with Gasteiger partial charge in [-0.3, -0.25) is 0 Å². The van der Waals surface area contributed by atoms with E-state index < -0.39 is 6.10 Å². The van der Waals surface area contributed by atoms with Crippen molar-refractivity contribution in [1.82, 2.24) is 5.32 Å². The van der Waals surface area contributed by atoms with Crippen LogP contribution in [-0.2, 0) is 16.0 Å². The zero-order valence-corrected chi connectivity index (χ0v) is 12.8. The Balaban J connectivity index is 2.04. The molecule has 1 unspecified atom stereocenters. The Kier molecular flexibility index (Phi) is 8.46. The average molecular weight is 281 g/mol. The van der Waals surface area contributed by atoms with E-state index >= 15 is 0 Å². The molecule has 0 aliphatic heterocycles. The van der Waals surface area contributed by atoms with Crippen LogP contribution >= 0.6 is 0 Å². The number of rotatable bonds is 10. The molecule has 1 aromatic rings. The number of hydrogen-bond acceptors (Lipinski definition) is 4. The van der Waals surface area contributed by atoms with E-state index in [2.05, 4.69) is 30.4 Å². The van der Waals surface area contributed by atoms with Crippen LogP contribution in [0.5, 0.6) is 0 Å². The first-order valence-electron chi connectivity index (χ1n) is 7.21. The normalized spacial score (nSPS) is 12.8. The Morgan fingerprint density at radius 2 is 2.05 bits per heavy atom. The third kappa shape index (κ3) is 8.27. The molecule has 4 nitrogen and oxygen atoms in total. The van der Waals surface area contributed by atoms with Crippen molar-refractivity contribution in [2.75, 3.05) is 26.4 Å². The summed E-state index contributed by atoms with van der Waals surface area (Å²) >= 11 is 0. The van der Waals surface area contributed by atoms with Gasteiger partial charge >= 0.3 is 0 Å². The van der Waals surface area contributed by atoms with Crippen molar-refractivity contribution in [3.05, 3.63) is 35.4 Å². The predicted octanol–water partition coefficient (Wildman–Crippen LogP) is 1.89. The second kappa shape index (κ2) is 9.88. The minimum atomic E-state index is -0.487. The number of nitrogens with one attached hydrogen (secondary N) is 1. The van der Waals surface area contributed by atoms with Crippen LogP contribution in [0.25, 0.3) is 0 Å². The summed E-state index contributed by atoms with van der Waals surface area (Å²) in [6.45, 7) is 8.77. The van der Waals surface area contributed by atoms with Gasteiger partial charge in [0.15, 0.2) is 0 Å². The molecule has 0 bridgehead atoms. The van der Waals surface area contributed by atoms with Gasteiger partial charge in [-0.05, 0) is 26.3 Å². The van der Waals surface area contributed by atoms with Crippen molar-refractivity contribution in [2.45, 2.75) is 39.5 Å². The van der Waals surface area contributed by atoms with Gasteiger partial charge in [0.05, 0.1) is 32.0 Å². The molecule has 0 heterocycles. The summed E-state index contributed by atoms with van der Waals surface area (Å²) in [5.41, 5.74) is 2.47. The summed E-state index contributed by atoms with van der Waals surface area (Å²) in [5, 5.41) is 13.0. The molecule has 0 spiro atoms. The largest absolute Gasteiger partial charge is 0.389 e. The molecule has 4 heteroatoms. The Bertz CT molecular complexity index is 368. The molecule has 1 aromatic carbocycles. The highest BCUT2D eigenvalue weighted by Gasteiger charge is 2.04. The zero-order chi connectivity index (χ0) is 14.8. The highest BCUT2D eigenvalue weighted by molar-refractivity contribution is 5.21. The Labute approximate surface area is 122 Å². The van der Waals surface area contributed by atoms with E-state index in [0.29, 0.717) is 26.4 Å². The number of hydrogen-bond donors (Lipinski definition) is 2. The van der Waals surface area contributed by atoms with Gasteiger partial charge in [-0.2, -0.15) is 0 Å². The molecule has 0 aliphatic carbocycles. The minimum absolute atomic E-state index is 0.222. The Hall–Kier alpha value is -0.940. The summed E-state index contributed by atoms with van der Waals surface area (Å²) < 4.78 is 10.7. The lowest BCUT2D eigenvalue weighted by molar-refractivity contribution is -0.0100. The van der Waals surface area contributed by atoms with Crippen LogP contribution in [0.1, 0.15) is 25.0 Å². The highest BCUT2D eigenvalue weighted by atomic mass is 16.5. The number of ether oxygens (including phenoxy) is 2. The maximum atomic E-state index is 9.76. The summed E-state index contributed by atoms with van der Waals surface area (Å²) in [7, 11) is 0. The van der Waals surface area contributed by atoms with Gasteiger partial charge in [-0.15, -0.1) is 0 Å². The van der Waals surface area contributed by atoms with Gasteiger partial charge in [0.25, 0.3) is 0 Å². The van der Waals surface area contributed by atoms with E-state index in [9.17, 15) is 5.11 Å². The number of aryl methyl sites for hydroxylation is 1. The molecule has 20 heavy (non-hydrogen) atoms. The summed E-state index contributed by atoms with van der Waals surface area (Å²) in [5.74, 6) is 0. The molecule has 2 N–H and O–H groups in total. The second-order valence-electron chi connectivity index (χ2n) is 5.27. The maximum Gasteiger partial charge on any atom is 0.0897 e. The van der Waals surface area contributed by atoms with Crippen molar-refractivity contribution in [2.24, 2.45) is 0 Å². The van der Waals surface area contributed by atoms with Gasteiger partial charge in [-0.1, -0.05) is 29.8 Å². The second-order valence-corrected chi connectivity index (χ2v) is 5.27. The maximum absolute atomic E-state index is 9.76. The first kappa shape index (κ1) is 17.1. The van der Waals surface area contributed by atoms with Crippen LogP contribution in [0.15, 0.2) is 24.3 Å². The lowest BCUT2D eigenvalue weighted by Gasteiger charge is -2.13. The first-order valence-corrected chi connectivity index (χ1v) is 7.21. The quantitative estimate of drug-likeness (QED) is 0.643. The third-order valence-electron chi connectivity index (χ3n) is 2.78. The predicted molar refractivity (Wildman–Crippen MR) is 80.8 cm³/mol. The standard InChI is InChI=1S/C16H27NO3/c1-13(2)20-8-7-19-12-16(18)11-17-10-15-6-4-5-14(3)9-15/h4-6,9,13,16-18H,7-8,10-12H2,1-3H3. The van der Waals surface area contributed by atoms with E-state index in [1.54, 1.807) is 0 Å². The van der Waals surface area contributed by atoms with Crippen molar-refractivity contribution in [3.8, 4) is 0 Å². The van der Waals surface area contributed by atoms with Crippen molar-refractivity contribution >= 4 is 0 Å². The molecule has 0 fully saturated rings. The molecule has 0 saturated carbocycles. The molecule has 0 saturated heterocycles. The number of aliphatic hydroxyl groups excluding tert-OH is 1. The van der Waals surface area contributed by atoms with Crippen molar-refractivity contribution in [3.63, 3.8) is 0 Å². The smallest absolute Gasteiger partial charge is 0.0897 e. The number of benzene rings is 1. The number of aliphatic hydroxyl groups is 1. The molecule has 1 rings (SSSR count). The topological polar surface area (TPSA) is 50.7 Å². The lowest BCUT2D eigenvalue weighted by Crippen LogP contribution is -2.30. The van der Waals surface area contributed by atoms with E-state index in [1.165, 1.54) is 11.1 Å². The zero-order valence-electron chi connectivity index (χ0n) is 12.8. The van der Waals surface area contributed by atoms with E-state index in [4.69, 9.17) is 9.47 Å². The Morgan fingerprint density at radius 1 is 1.25 bits per heavy atom. The van der Waals surface area contributed by atoms with Gasteiger partial charge in [0.2, 0.25) is 0 Å². The van der Waals surface area contributed by atoms with E-state index in [0.717, 1.165) is 6.54 Å². The van der Waals surface area contributed by atoms with Crippen LogP contribution in [0.4, 0.5) is 0 Å². The van der Waals surface area contributed by atoms with E-state index in [-0.39, 0.29) is 6.10 Å². The Morgan fingerprint density at radius 3 is 2.75 bits per heavy atom.